The molecule has 1 unspecified atom stereocenters. The van der Waals surface area contributed by atoms with E-state index in [1.165, 1.54) is 5.56 Å². The number of allylic oxidation sites excluding steroid dienone is 1. The van der Waals surface area contributed by atoms with Crippen LogP contribution in [0.5, 0.6) is 0 Å². The average Bonchev–Trinajstić information content (AvgIpc) is 2.20. The molecule has 0 aliphatic carbocycles. The van der Waals surface area contributed by atoms with E-state index in [-0.39, 0.29) is 0 Å². The van der Waals surface area contributed by atoms with E-state index in [4.69, 9.17) is 0 Å². The van der Waals surface area contributed by atoms with Gasteiger partial charge in [-0.3, -0.25) is 0 Å². The van der Waals surface area contributed by atoms with E-state index in [2.05, 4.69) is 69.7 Å². The van der Waals surface area contributed by atoms with E-state index < -0.39 is 0 Å². The first kappa shape index (κ1) is 13.8. The van der Waals surface area contributed by atoms with Gasteiger partial charge in [0.15, 0.2) is 0 Å². The molecule has 1 rings (SSSR count). The van der Waals surface area contributed by atoms with Crippen molar-refractivity contribution in [3.8, 4) is 0 Å². The van der Waals surface area contributed by atoms with E-state index in [1.54, 1.807) is 0 Å². The van der Waals surface area contributed by atoms with E-state index >= 15 is 0 Å². The minimum atomic E-state index is 0.438. The molecule has 1 N–H and O–H groups in total. The minimum absolute atomic E-state index is 0.438. The third kappa shape index (κ3) is 3.95. The van der Waals surface area contributed by atoms with E-state index in [0.717, 1.165) is 27.5 Å². The third-order valence-corrected chi connectivity index (χ3v) is 3.63. The lowest BCUT2D eigenvalue weighted by atomic mass is 10.1. The summed E-state index contributed by atoms with van der Waals surface area (Å²) in [6.07, 6.45) is 4.09. The summed E-state index contributed by atoms with van der Waals surface area (Å²) in [7, 11) is 0. The van der Waals surface area contributed by atoms with Gasteiger partial charge in [0.1, 0.15) is 0 Å². The molecule has 0 fully saturated rings. The number of hydrogen-bond donors (Lipinski definition) is 1. The first-order chi connectivity index (χ1) is 7.54. The third-order valence-electron chi connectivity index (χ3n) is 2.38. The smallest absolute Gasteiger partial charge is 0.0631 e. The fourth-order valence-electron chi connectivity index (χ4n) is 1.52. The fourth-order valence-corrected chi connectivity index (χ4v) is 3.17. The van der Waals surface area contributed by atoms with Crippen LogP contribution in [0.2, 0.25) is 0 Å². The van der Waals surface area contributed by atoms with Gasteiger partial charge in [-0.05, 0) is 76.2 Å². The number of hydrogen-bond acceptors (Lipinski definition) is 1. The van der Waals surface area contributed by atoms with Crippen molar-refractivity contribution in [2.75, 3.05) is 5.32 Å². The highest BCUT2D eigenvalue weighted by Crippen LogP contribution is 2.33. The Labute approximate surface area is 115 Å². The zero-order valence-electron chi connectivity index (χ0n) is 9.69. The van der Waals surface area contributed by atoms with Gasteiger partial charge in [0, 0.05) is 15.0 Å². The molecular weight excluding hydrogens is 330 g/mol. The molecule has 3 heteroatoms. The Balaban J connectivity index is 2.76. The van der Waals surface area contributed by atoms with Gasteiger partial charge in [0.05, 0.1) is 5.69 Å². The molecule has 0 radical (unpaired) electrons. The average molecular weight is 347 g/mol. The second-order valence-corrected chi connectivity index (χ2v) is 5.72. The Morgan fingerprint density at radius 1 is 1.38 bits per heavy atom. The van der Waals surface area contributed by atoms with Crippen LogP contribution < -0.4 is 5.32 Å². The molecule has 0 aromatic heterocycles. The molecule has 1 atom stereocenters. The summed E-state index contributed by atoms with van der Waals surface area (Å²) < 4.78 is 2.20. The Kier molecular flexibility index (Phi) is 5.56. The molecule has 1 aromatic carbocycles. The molecule has 0 bridgehead atoms. The van der Waals surface area contributed by atoms with Gasteiger partial charge in [-0.25, -0.2) is 0 Å². The number of aryl methyl sites for hydroxylation is 1. The van der Waals surface area contributed by atoms with Gasteiger partial charge in [-0.15, -0.1) is 6.58 Å². The fraction of sp³-hybridized carbons (Fsp3) is 0.385. The summed E-state index contributed by atoms with van der Waals surface area (Å²) in [6, 6.07) is 4.67. The highest BCUT2D eigenvalue weighted by Gasteiger charge is 2.08. The lowest BCUT2D eigenvalue weighted by molar-refractivity contribution is 0.718. The van der Waals surface area contributed by atoms with Crippen molar-refractivity contribution in [3.63, 3.8) is 0 Å². The molecule has 0 heterocycles. The van der Waals surface area contributed by atoms with Crippen molar-refractivity contribution in [3.05, 3.63) is 39.3 Å². The summed E-state index contributed by atoms with van der Waals surface area (Å²) in [6.45, 7) is 8.01. The SMILES string of the molecule is C=CCCC(C)Nc1c(Br)cc(C)cc1Br. The van der Waals surface area contributed by atoms with Gasteiger partial charge in [0.2, 0.25) is 0 Å². The zero-order valence-corrected chi connectivity index (χ0v) is 12.9. The summed E-state index contributed by atoms with van der Waals surface area (Å²) >= 11 is 7.16. The van der Waals surface area contributed by atoms with Crippen LogP contribution in [0.15, 0.2) is 33.7 Å². The summed E-state index contributed by atoms with van der Waals surface area (Å²) in [5.41, 5.74) is 2.37. The quantitative estimate of drug-likeness (QED) is 0.714. The first-order valence-electron chi connectivity index (χ1n) is 5.37. The van der Waals surface area contributed by atoms with Crippen LogP contribution >= 0.6 is 31.9 Å². The van der Waals surface area contributed by atoms with Gasteiger partial charge < -0.3 is 5.32 Å². The topological polar surface area (TPSA) is 12.0 Å². The molecule has 88 valence electrons. The van der Waals surface area contributed by atoms with Crippen LogP contribution in [-0.2, 0) is 0 Å². The predicted octanol–water partition coefficient (Wildman–Crippen LogP) is 5.29. The maximum atomic E-state index is 3.74. The first-order valence-corrected chi connectivity index (χ1v) is 6.96. The summed E-state index contributed by atoms with van der Waals surface area (Å²) in [5.74, 6) is 0. The molecule has 0 aliphatic rings. The molecule has 0 saturated heterocycles. The maximum Gasteiger partial charge on any atom is 0.0631 e. The van der Waals surface area contributed by atoms with Crippen LogP contribution in [0.25, 0.3) is 0 Å². The second kappa shape index (κ2) is 6.45. The van der Waals surface area contributed by atoms with Crippen molar-refractivity contribution < 1.29 is 0 Å². The van der Waals surface area contributed by atoms with Gasteiger partial charge in [-0.1, -0.05) is 6.08 Å². The van der Waals surface area contributed by atoms with Crippen LogP contribution in [0.1, 0.15) is 25.3 Å². The van der Waals surface area contributed by atoms with Crippen molar-refractivity contribution >= 4 is 37.5 Å². The zero-order chi connectivity index (χ0) is 12.1. The van der Waals surface area contributed by atoms with Crippen LogP contribution in [-0.4, -0.2) is 6.04 Å². The Bertz CT molecular complexity index is 351. The van der Waals surface area contributed by atoms with E-state index in [1.807, 2.05) is 6.08 Å². The number of anilines is 1. The lowest BCUT2D eigenvalue weighted by Gasteiger charge is -2.17. The van der Waals surface area contributed by atoms with Crippen molar-refractivity contribution in [1.82, 2.24) is 0 Å². The lowest BCUT2D eigenvalue weighted by Crippen LogP contribution is -2.15. The Morgan fingerprint density at radius 2 is 1.94 bits per heavy atom. The monoisotopic (exact) mass is 345 g/mol. The van der Waals surface area contributed by atoms with Crippen LogP contribution in [0.3, 0.4) is 0 Å². The van der Waals surface area contributed by atoms with E-state index in [9.17, 15) is 0 Å². The number of halogens is 2. The number of nitrogens with one attached hydrogen (secondary N) is 1. The molecule has 1 nitrogen and oxygen atoms in total. The number of benzene rings is 1. The Hall–Kier alpha value is -0.280. The molecule has 0 aliphatic heterocycles. The highest BCUT2D eigenvalue weighted by atomic mass is 79.9. The molecule has 0 saturated carbocycles. The van der Waals surface area contributed by atoms with Crippen LogP contribution in [0, 0.1) is 6.92 Å². The number of rotatable bonds is 5. The summed E-state index contributed by atoms with van der Waals surface area (Å²) in [5, 5.41) is 3.50. The molecule has 0 spiro atoms. The molecule has 0 amide bonds. The highest BCUT2D eigenvalue weighted by molar-refractivity contribution is 9.11. The molecular formula is C13H17Br2N. The largest absolute Gasteiger partial charge is 0.381 e. The minimum Gasteiger partial charge on any atom is -0.381 e. The van der Waals surface area contributed by atoms with Crippen molar-refractivity contribution in [1.29, 1.82) is 0 Å². The predicted molar refractivity (Wildman–Crippen MR) is 79.1 cm³/mol. The van der Waals surface area contributed by atoms with Crippen LogP contribution in [0.4, 0.5) is 5.69 Å². The molecule has 1 aromatic rings. The van der Waals surface area contributed by atoms with Gasteiger partial charge >= 0.3 is 0 Å². The standard InChI is InChI=1S/C13H17Br2N/c1-4-5-6-10(3)16-13-11(14)7-9(2)8-12(13)15/h4,7-8,10,16H,1,5-6H2,2-3H3. The van der Waals surface area contributed by atoms with Crippen molar-refractivity contribution in [2.45, 2.75) is 32.7 Å². The molecule has 16 heavy (non-hydrogen) atoms. The maximum absolute atomic E-state index is 3.74. The second-order valence-electron chi connectivity index (χ2n) is 4.01. The van der Waals surface area contributed by atoms with E-state index in [0.29, 0.717) is 6.04 Å². The normalized spacial score (nSPS) is 12.2. The van der Waals surface area contributed by atoms with Crippen molar-refractivity contribution in [2.24, 2.45) is 0 Å². The van der Waals surface area contributed by atoms with Gasteiger partial charge in [0.25, 0.3) is 0 Å². The Morgan fingerprint density at radius 3 is 2.44 bits per heavy atom. The summed E-state index contributed by atoms with van der Waals surface area (Å²) in [4.78, 5) is 0. The van der Waals surface area contributed by atoms with Gasteiger partial charge in [-0.2, -0.15) is 0 Å².